The van der Waals surface area contributed by atoms with Crippen LogP contribution >= 0.6 is 11.3 Å². The summed E-state index contributed by atoms with van der Waals surface area (Å²) in [5.41, 5.74) is 12.2. The molecule has 0 radical (unpaired) electrons. The standard InChI is InChI=1S/C51H32OS/c1-51(2)42-26-22-30(27-41(42)39-24-19-29-20-25-40-34-12-8-10-18-45(34)53-50(40)48(29)49(39)51)46-35-13-3-5-15-37(35)47(38-16-6-4-14-36(38)46)31-21-23-33-32-11-7-9-17-43(32)52-44(33)28-31/h3-28H,1-2H3. The van der Waals surface area contributed by atoms with Crippen LogP contribution in [0.2, 0.25) is 0 Å². The molecule has 53 heavy (non-hydrogen) atoms. The molecule has 11 aromatic rings. The van der Waals surface area contributed by atoms with Gasteiger partial charge in [0.2, 0.25) is 0 Å². The van der Waals surface area contributed by atoms with E-state index in [1.807, 2.05) is 17.4 Å². The van der Waals surface area contributed by atoms with Crippen LogP contribution in [0.25, 0.3) is 108 Å². The first kappa shape index (κ1) is 29.4. The van der Waals surface area contributed by atoms with Crippen molar-refractivity contribution in [2.24, 2.45) is 0 Å². The topological polar surface area (TPSA) is 13.1 Å². The normalized spacial score (nSPS) is 13.6. The van der Waals surface area contributed by atoms with Crippen molar-refractivity contribution in [1.82, 2.24) is 0 Å². The maximum atomic E-state index is 6.39. The summed E-state index contributed by atoms with van der Waals surface area (Å²) in [6.45, 7) is 4.84. The van der Waals surface area contributed by atoms with Gasteiger partial charge in [-0.2, -0.15) is 0 Å². The van der Waals surface area contributed by atoms with Gasteiger partial charge in [-0.15, -0.1) is 11.3 Å². The van der Waals surface area contributed by atoms with Crippen molar-refractivity contribution in [3.63, 3.8) is 0 Å². The Balaban J connectivity index is 1.11. The molecule has 1 aliphatic rings. The van der Waals surface area contributed by atoms with Gasteiger partial charge in [0, 0.05) is 41.7 Å². The van der Waals surface area contributed by atoms with Crippen molar-refractivity contribution in [1.29, 1.82) is 0 Å². The fourth-order valence-corrected chi connectivity index (χ4v) is 11.0. The number of para-hydroxylation sites is 1. The highest BCUT2D eigenvalue weighted by molar-refractivity contribution is 7.26. The number of thiophene rings is 1. The van der Waals surface area contributed by atoms with Gasteiger partial charge in [-0.1, -0.05) is 141 Å². The molecule has 0 N–H and O–H groups in total. The molecule has 12 rings (SSSR count). The van der Waals surface area contributed by atoms with Gasteiger partial charge in [-0.3, -0.25) is 0 Å². The number of fused-ring (bicyclic) bond motifs is 14. The third-order valence-corrected chi connectivity index (χ3v) is 13.2. The Bertz CT molecular complexity index is 3320. The number of furan rings is 1. The summed E-state index contributed by atoms with van der Waals surface area (Å²) < 4.78 is 9.13. The molecule has 248 valence electrons. The zero-order chi connectivity index (χ0) is 35.0. The molecule has 0 saturated carbocycles. The number of hydrogen-bond acceptors (Lipinski definition) is 2. The molecule has 1 aliphatic carbocycles. The molecule has 0 bridgehead atoms. The van der Waals surface area contributed by atoms with Gasteiger partial charge < -0.3 is 4.42 Å². The average Bonchev–Trinajstić information content (AvgIpc) is 3.84. The van der Waals surface area contributed by atoms with Crippen molar-refractivity contribution in [2.75, 3.05) is 0 Å². The van der Waals surface area contributed by atoms with Crippen molar-refractivity contribution in [3.05, 3.63) is 169 Å². The Morgan fingerprint density at radius 1 is 0.453 bits per heavy atom. The molecule has 0 fully saturated rings. The highest BCUT2D eigenvalue weighted by Crippen LogP contribution is 2.55. The second kappa shape index (κ2) is 10.4. The minimum absolute atomic E-state index is 0.142. The molecule has 9 aromatic carbocycles. The Morgan fingerprint density at radius 3 is 1.75 bits per heavy atom. The van der Waals surface area contributed by atoms with Crippen molar-refractivity contribution < 1.29 is 4.42 Å². The van der Waals surface area contributed by atoms with E-state index in [-0.39, 0.29) is 5.41 Å². The molecule has 0 atom stereocenters. The molecule has 2 aromatic heterocycles. The first-order chi connectivity index (χ1) is 26.0. The Morgan fingerprint density at radius 2 is 1.02 bits per heavy atom. The molecule has 0 saturated heterocycles. The first-order valence-electron chi connectivity index (χ1n) is 18.4. The van der Waals surface area contributed by atoms with E-state index in [0.29, 0.717) is 0 Å². The maximum Gasteiger partial charge on any atom is 0.136 e. The molecule has 1 nitrogen and oxygen atoms in total. The second-order valence-corrected chi connectivity index (χ2v) is 16.2. The highest BCUT2D eigenvalue weighted by atomic mass is 32.1. The van der Waals surface area contributed by atoms with Crippen molar-refractivity contribution in [2.45, 2.75) is 19.3 Å². The van der Waals surface area contributed by atoms with Crippen LogP contribution in [-0.2, 0) is 5.41 Å². The molecular formula is C51H32OS. The minimum atomic E-state index is -0.142. The Kier molecular flexibility index (Phi) is 5.78. The fraction of sp³-hybridized carbons (Fsp3) is 0.0588. The molecule has 0 amide bonds. The molecular weight excluding hydrogens is 661 g/mol. The van der Waals surface area contributed by atoms with Gasteiger partial charge in [0.25, 0.3) is 0 Å². The quantitative estimate of drug-likeness (QED) is 0.164. The van der Waals surface area contributed by atoms with Crippen LogP contribution in [-0.4, -0.2) is 0 Å². The molecule has 2 heteroatoms. The predicted molar refractivity (Wildman–Crippen MR) is 228 cm³/mol. The lowest BCUT2D eigenvalue weighted by molar-refractivity contribution is 0.667. The zero-order valence-electron chi connectivity index (χ0n) is 29.3. The second-order valence-electron chi connectivity index (χ2n) is 15.2. The highest BCUT2D eigenvalue weighted by Gasteiger charge is 2.38. The van der Waals surface area contributed by atoms with E-state index in [4.69, 9.17) is 4.42 Å². The van der Waals surface area contributed by atoms with Gasteiger partial charge in [-0.05, 0) is 102 Å². The van der Waals surface area contributed by atoms with E-state index >= 15 is 0 Å². The van der Waals surface area contributed by atoms with E-state index in [1.165, 1.54) is 97.0 Å². The summed E-state index contributed by atoms with van der Waals surface area (Å²) in [5.74, 6) is 0. The lowest BCUT2D eigenvalue weighted by Gasteiger charge is -2.24. The zero-order valence-corrected chi connectivity index (χ0v) is 30.1. The van der Waals surface area contributed by atoms with Gasteiger partial charge in [0.15, 0.2) is 0 Å². The van der Waals surface area contributed by atoms with Crippen LogP contribution in [0.5, 0.6) is 0 Å². The monoisotopic (exact) mass is 692 g/mol. The van der Waals surface area contributed by atoms with Crippen LogP contribution in [0.15, 0.2) is 162 Å². The summed E-state index contributed by atoms with van der Waals surface area (Å²) >= 11 is 1.93. The summed E-state index contributed by atoms with van der Waals surface area (Å²) in [7, 11) is 0. The third kappa shape index (κ3) is 3.91. The SMILES string of the molecule is CC1(C)c2ccc(-c3c4ccccc4c(-c4ccc5c(c4)oc4ccccc45)c4ccccc34)cc2-c2ccc3ccc4c5ccccc5sc4c3c21. The summed E-state index contributed by atoms with van der Waals surface area (Å²) in [4.78, 5) is 0. The van der Waals surface area contributed by atoms with Crippen LogP contribution in [0.1, 0.15) is 25.0 Å². The molecule has 2 heterocycles. The smallest absolute Gasteiger partial charge is 0.136 e. The lowest BCUT2D eigenvalue weighted by Crippen LogP contribution is -2.15. The van der Waals surface area contributed by atoms with Gasteiger partial charge in [0.1, 0.15) is 11.2 Å². The van der Waals surface area contributed by atoms with E-state index in [2.05, 4.69) is 166 Å². The summed E-state index contributed by atoms with van der Waals surface area (Å²) in [6.07, 6.45) is 0. The van der Waals surface area contributed by atoms with E-state index in [1.54, 1.807) is 0 Å². The van der Waals surface area contributed by atoms with Gasteiger partial charge in [-0.25, -0.2) is 0 Å². The first-order valence-corrected chi connectivity index (χ1v) is 19.2. The Hall–Kier alpha value is -6.22. The largest absolute Gasteiger partial charge is 0.456 e. The summed E-state index contributed by atoms with van der Waals surface area (Å²) in [5, 5.41) is 12.7. The molecule has 0 unspecified atom stereocenters. The molecule has 0 aliphatic heterocycles. The van der Waals surface area contributed by atoms with E-state index in [9.17, 15) is 0 Å². The van der Waals surface area contributed by atoms with Crippen LogP contribution in [0.4, 0.5) is 0 Å². The number of benzene rings is 9. The average molecular weight is 693 g/mol. The number of rotatable bonds is 2. The van der Waals surface area contributed by atoms with Crippen LogP contribution in [0.3, 0.4) is 0 Å². The Labute approximate surface area is 310 Å². The third-order valence-electron chi connectivity index (χ3n) is 12.0. The molecule has 0 spiro atoms. The van der Waals surface area contributed by atoms with E-state index in [0.717, 1.165) is 21.9 Å². The fourth-order valence-electron chi connectivity index (χ4n) is 9.70. The number of hydrogen-bond donors (Lipinski definition) is 0. The van der Waals surface area contributed by atoms with Crippen LogP contribution in [0, 0.1) is 0 Å². The van der Waals surface area contributed by atoms with Crippen molar-refractivity contribution >= 4 is 85.8 Å². The van der Waals surface area contributed by atoms with Crippen LogP contribution < -0.4 is 0 Å². The lowest BCUT2D eigenvalue weighted by atomic mass is 9.79. The van der Waals surface area contributed by atoms with Gasteiger partial charge in [0.05, 0.1) is 0 Å². The maximum absolute atomic E-state index is 6.39. The van der Waals surface area contributed by atoms with E-state index < -0.39 is 0 Å². The summed E-state index contributed by atoms with van der Waals surface area (Å²) in [6, 6.07) is 58.4. The minimum Gasteiger partial charge on any atom is -0.456 e. The van der Waals surface area contributed by atoms with Crippen molar-refractivity contribution in [3.8, 4) is 33.4 Å². The van der Waals surface area contributed by atoms with Gasteiger partial charge >= 0.3 is 0 Å². The predicted octanol–water partition coefficient (Wildman–Crippen LogP) is 15.1.